The molecule has 1 fully saturated rings. The van der Waals surface area contributed by atoms with Gasteiger partial charge >= 0.3 is 0 Å². The Bertz CT molecular complexity index is 1260. The molecule has 33 heavy (non-hydrogen) atoms. The summed E-state index contributed by atoms with van der Waals surface area (Å²) in [7, 11) is 3.82. The van der Waals surface area contributed by atoms with Crippen molar-refractivity contribution in [2.24, 2.45) is 0 Å². The van der Waals surface area contributed by atoms with E-state index in [1.165, 1.54) is 18.3 Å². The fourth-order valence-corrected chi connectivity index (χ4v) is 4.06. The Kier molecular flexibility index (Phi) is 5.69. The molecule has 0 spiro atoms. The molecule has 2 N–H and O–H groups in total. The van der Waals surface area contributed by atoms with E-state index in [0.29, 0.717) is 40.2 Å². The topological polar surface area (TPSA) is 85.9 Å². The first kappa shape index (κ1) is 21.4. The molecule has 0 radical (unpaired) electrons. The lowest BCUT2D eigenvalue weighted by atomic mass is 10.0. The summed E-state index contributed by atoms with van der Waals surface area (Å²) in [5.74, 6) is -0.631. The summed E-state index contributed by atoms with van der Waals surface area (Å²) in [6, 6.07) is 4.28. The fraction of sp³-hybridized carbons (Fsp3) is 0.304. The third-order valence-corrected chi connectivity index (χ3v) is 5.88. The van der Waals surface area contributed by atoms with E-state index in [-0.39, 0.29) is 11.3 Å². The van der Waals surface area contributed by atoms with Crippen LogP contribution in [0.15, 0.2) is 36.8 Å². The lowest BCUT2D eigenvalue weighted by Crippen LogP contribution is -2.45. The summed E-state index contributed by atoms with van der Waals surface area (Å²) in [6.07, 6.45) is 4.98. The maximum Gasteiger partial charge on any atom is 0.225 e. The van der Waals surface area contributed by atoms with Crippen LogP contribution < -0.4 is 10.2 Å². The molecule has 1 saturated heterocycles. The number of rotatable bonds is 5. The lowest BCUT2D eigenvalue weighted by Gasteiger charge is -2.32. The summed E-state index contributed by atoms with van der Waals surface area (Å²) < 4.78 is 29.5. The van der Waals surface area contributed by atoms with Gasteiger partial charge in [0.2, 0.25) is 5.95 Å². The van der Waals surface area contributed by atoms with Crippen molar-refractivity contribution in [3.63, 3.8) is 0 Å². The third kappa shape index (κ3) is 4.14. The second kappa shape index (κ2) is 8.80. The highest BCUT2D eigenvalue weighted by molar-refractivity contribution is 5.94. The molecular formula is C23H24F2N8. The predicted molar refractivity (Wildman–Crippen MR) is 123 cm³/mol. The molecule has 8 nitrogen and oxygen atoms in total. The number of pyridine rings is 1. The maximum atomic E-state index is 14.8. The van der Waals surface area contributed by atoms with Gasteiger partial charge in [-0.25, -0.2) is 18.7 Å². The summed E-state index contributed by atoms with van der Waals surface area (Å²) in [6.45, 7) is 4.05. The molecule has 4 aromatic rings. The second-order valence-electron chi connectivity index (χ2n) is 8.21. The van der Waals surface area contributed by atoms with Crippen molar-refractivity contribution < 1.29 is 8.78 Å². The molecule has 0 saturated carbocycles. The zero-order valence-electron chi connectivity index (χ0n) is 18.4. The number of fused-ring (bicyclic) bond motifs is 1. The second-order valence-corrected chi connectivity index (χ2v) is 8.21. The fourth-order valence-electron chi connectivity index (χ4n) is 4.06. The Morgan fingerprint density at radius 2 is 1.67 bits per heavy atom. The first-order chi connectivity index (χ1) is 16.0. The molecule has 4 heterocycles. The Morgan fingerprint density at radius 3 is 2.33 bits per heavy atom. The van der Waals surface area contributed by atoms with E-state index < -0.39 is 11.6 Å². The Morgan fingerprint density at radius 1 is 0.970 bits per heavy atom. The summed E-state index contributed by atoms with van der Waals surface area (Å²) in [5, 5.41) is 10.9. The van der Waals surface area contributed by atoms with Gasteiger partial charge < -0.3 is 15.1 Å². The van der Waals surface area contributed by atoms with Gasteiger partial charge in [-0.1, -0.05) is 0 Å². The first-order valence-electron chi connectivity index (χ1n) is 10.8. The van der Waals surface area contributed by atoms with Gasteiger partial charge in [0.1, 0.15) is 17.3 Å². The van der Waals surface area contributed by atoms with Crippen molar-refractivity contribution in [2.45, 2.75) is 6.54 Å². The van der Waals surface area contributed by atoms with Crippen molar-refractivity contribution in [1.29, 1.82) is 0 Å². The molecule has 1 aliphatic rings. The van der Waals surface area contributed by atoms with E-state index in [1.54, 1.807) is 25.5 Å². The average Bonchev–Trinajstić information content (AvgIpc) is 3.23. The van der Waals surface area contributed by atoms with Crippen molar-refractivity contribution in [3.05, 3.63) is 54.0 Å². The number of likely N-dealkylation sites (N-methyl/N-ethyl adjacent to an activating group) is 1. The maximum absolute atomic E-state index is 14.8. The molecule has 1 aliphatic heterocycles. The number of aromatic amines is 1. The number of piperazine rings is 1. The minimum Gasteiger partial charge on any atom is -0.338 e. The number of H-pyrrole nitrogens is 1. The summed E-state index contributed by atoms with van der Waals surface area (Å²) in [5.41, 5.74) is 2.54. The molecule has 0 unspecified atom stereocenters. The van der Waals surface area contributed by atoms with Crippen LogP contribution in [0, 0.1) is 11.6 Å². The van der Waals surface area contributed by atoms with E-state index in [1.807, 2.05) is 0 Å². The number of nitrogens with one attached hydrogen (secondary N) is 2. The molecule has 1 aromatic carbocycles. The molecule has 10 heteroatoms. The normalized spacial score (nSPS) is 14.8. The number of halogens is 2. The molecular weight excluding hydrogens is 426 g/mol. The molecule has 170 valence electrons. The summed E-state index contributed by atoms with van der Waals surface area (Å²) in [4.78, 5) is 17.7. The quantitative estimate of drug-likeness (QED) is 0.484. The average molecular weight is 450 g/mol. The van der Waals surface area contributed by atoms with Crippen LogP contribution in [-0.2, 0) is 6.54 Å². The van der Waals surface area contributed by atoms with Gasteiger partial charge in [-0.3, -0.25) is 10.1 Å². The molecule has 5 rings (SSSR count). The zero-order valence-corrected chi connectivity index (χ0v) is 18.4. The Hall–Kier alpha value is -3.50. The lowest BCUT2D eigenvalue weighted by molar-refractivity contribution is 0.311. The van der Waals surface area contributed by atoms with Crippen LogP contribution in [0.3, 0.4) is 0 Å². The minimum atomic E-state index is -0.656. The number of hydrogen-bond acceptors (Lipinski definition) is 7. The van der Waals surface area contributed by atoms with Gasteiger partial charge in [0.05, 0.1) is 23.0 Å². The monoisotopic (exact) mass is 450 g/mol. The zero-order chi connectivity index (χ0) is 22.9. The van der Waals surface area contributed by atoms with Crippen LogP contribution >= 0.6 is 0 Å². The van der Waals surface area contributed by atoms with Gasteiger partial charge in [0.25, 0.3) is 0 Å². The van der Waals surface area contributed by atoms with Gasteiger partial charge in [-0.15, -0.1) is 0 Å². The SMILES string of the molecule is CNCc1cc(F)c(-c2cc3c(-c4cnc(N5CCN(C)CC5)nc4)n[nH]c3cn2)c(F)c1. The molecule has 3 aromatic heterocycles. The molecule has 0 bridgehead atoms. The first-order valence-corrected chi connectivity index (χ1v) is 10.8. The highest BCUT2D eigenvalue weighted by atomic mass is 19.1. The van der Waals surface area contributed by atoms with Crippen LogP contribution in [0.2, 0.25) is 0 Å². The van der Waals surface area contributed by atoms with Crippen LogP contribution in [0.25, 0.3) is 33.4 Å². The van der Waals surface area contributed by atoms with Crippen molar-refractivity contribution in [2.75, 3.05) is 45.2 Å². The van der Waals surface area contributed by atoms with Crippen molar-refractivity contribution in [1.82, 2.24) is 35.4 Å². The Balaban J connectivity index is 1.48. The largest absolute Gasteiger partial charge is 0.338 e. The third-order valence-electron chi connectivity index (χ3n) is 5.88. The highest BCUT2D eigenvalue weighted by Gasteiger charge is 2.19. The number of aromatic nitrogens is 5. The Labute approximate surface area is 189 Å². The molecule has 0 amide bonds. The molecule has 0 aliphatic carbocycles. The molecule has 0 atom stereocenters. The van der Waals surface area contributed by atoms with Gasteiger partial charge in [-0.2, -0.15) is 5.10 Å². The van der Waals surface area contributed by atoms with E-state index in [9.17, 15) is 8.78 Å². The number of hydrogen-bond donors (Lipinski definition) is 2. The van der Waals surface area contributed by atoms with E-state index in [4.69, 9.17) is 0 Å². The van der Waals surface area contributed by atoms with E-state index in [2.05, 4.69) is 47.3 Å². The van der Waals surface area contributed by atoms with E-state index >= 15 is 0 Å². The van der Waals surface area contributed by atoms with E-state index in [0.717, 1.165) is 26.2 Å². The predicted octanol–water partition coefficient (Wildman–Crippen LogP) is 2.83. The van der Waals surface area contributed by atoms with Crippen LogP contribution in [0.1, 0.15) is 5.56 Å². The van der Waals surface area contributed by atoms with Crippen LogP contribution in [-0.4, -0.2) is 70.3 Å². The van der Waals surface area contributed by atoms with Crippen LogP contribution in [0.4, 0.5) is 14.7 Å². The van der Waals surface area contributed by atoms with Gasteiger partial charge in [-0.05, 0) is 37.9 Å². The standard InChI is InChI=1S/C23H24F2N8/c1-26-10-14-7-17(24)21(18(25)8-14)19-9-16-20(13-27-19)30-31-22(16)15-11-28-23(29-12-15)33-5-3-32(2)4-6-33/h7-9,11-13,26H,3-6,10H2,1-2H3,(H,30,31). The minimum absolute atomic E-state index is 0.162. The highest BCUT2D eigenvalue weighted by Crippen LogP contribution is 2.31. The van der Waals surface area contributed by atoms with Gasteiger partial charge in [0, 0.05) is 56.1 Å². The number of anilines is 1. The van der Waals surface area contributed by atoms with Gasteiger partial charge in [0.15, 0.2) is 0 Å². The summed E-state index contributed by atoms with van der Waals surface area (Å²) >= 11 is 0. The van der Waals surface area contributed by atoms with Crippen molar-refractivity contribution in [3.8, 4) is 22.5 Å². The number of nitrogens with zero attached hydrogens (tertiary/aromatic N) is 6. The van der Waals surface area contributed by atoms with Crippen LogP contribution in [0.5, 0.6) is 0 Å². The van der Waals surface area contributed by atoms with Crippen molar-refractivity contribution >= 4 is 16.9 Å². The smallest absolute Gasteiger partial charge is 0.225 e. The number of benzene rings is 1.